The van der Waals surface area contributed by atoms with Crippen molar-refractivity contribution in [1.82, 2.24) is 15.5 Å². The van der Waals surface area contributed by atoms with Crippen molar-refractivity contribution in [3.63, 3.8) is 0 Å². The Morgan fingerprint density at radius 2 is 1.59 bits per heavy atom. The highest BCUT2D eigenvalue weighted by atomic mass is 16.5. The van der Waals surface area contributed by atoms with E-state index in [1.165, 1.54) is 12.0 Å². The number of amides is 2. The van der Waals surface area contributed by atoms with Crippen LogP contribution in [0, 0.1) is 5.92 Å². The van der Waals surface area contributed by atoms with E-state index in [4.69, 9.17) is 14.3 Å². The van der Waals surface area contributed by atoms with Crippen LogP contribution in [0.4, 0.5) is 0 Å². The number of unbranched alkanes of at least 4 members (excludes halogenated alkanes) is 3. The minimum Gasteiger partial charge on any atom is -0.493 e. The number of fused-ring (bicyclic) bond motifs is 4. The Morgan fingerprint density at radius 3 is 2.04 bits per heavy atom. The average Bonchev–Trinajstić information content (AvgIpc) is 3.65. The van der Waals surface area contributed by atoms with Crippen molar-refractivity contribution in [2.75, 3.05) is 33.3 Å². The molecular formula is C41H77N3O5. The van der Waals surface area contributed by atoms with Gasteiger partial charge in [0.2, 0.25) is 6.41 Å². The Bertz CT molecular complexity index is 1010. The lowest BCUT2D eigenvalue weighted by molar-refractivity contribution is -0.109. The summed E-state index contributed by atoms with van der Waals surface area (Å²) in [4.78, 5) is 33.1. The maximum atomic E-state index is 11.9. The number of nitrogens with zero attached hydrogens (tertiary/aromatic N) is 1. The fraction of sp³-hybridized carbons (Fsp3) is 0.732. The van der Waals surface area contributed by atoms with Crippen LogP contribution in [0.2, 0.25) is 0 Å². The molecule has 1 aromatic carbocycles. The van der Waals surface area contributed by atoms with E-state index < -0.39 is 0 Å². The van der Waals surface area contributed by atoms with Crippen LogP contribution >= 0.6 is 0 Å². The molecule has 3 heterocycles. The molecule has 2 amide bonds. The van der Waals surface area contributed by atoms with Crippen molar-refractivity contribution in [2.24, 2.45) is 5.92 Å². The highest BCUT2D eigenvalue weighted by Gasteiger charge is 2.45. The molecule has 8 nitrogen and oxygen atoms in total. The number of nitrogens with one attached hydrogen (secondary N) is 2. The average molecular weight is 692 g/mol. The Morgan fingerprint density at radius 1 is 1.04 bits per heavy atom. The van der Waals surface area contributed by atoms with E-state index in [0.29, 0.717) is 13.0 Å². The van der Waals surface area contributed by atoms with Crippen LogP contribution in [0.15, 0.2) is 24.5 Å². The first kappa shape index (κ1) is 50.5. The van der Waals surface area contributed by atoms with Gasteiger partial charge in [-0.2, -0.15) is 0 Å². The monoisotopic (exact) mass is 692 g/mol. The molecule has 8 heteroatoms. The maximum absolute atomic E-state index is 11.9. The van der Waals surface area contributed by atoms with Crippen molar-refractivity contribution < 1.29 is 23.9 Å². The van der Waals surface area contributed by atoms with Gasteiger partial charge in [-0.05, 0) is 84.5 Å². The Balaban J connectivity index is -0.000000880. The summed E-state index contributed by atoms with van der Waals surface area (Å²) in [7, 11) is 1.56. The number of carbonyl (C=O) groups excluding carboxylic acids is 3. The fourth-order valence-corrected chi connectivity index (χ4v) is 5.20. The molecule has 1 fully saturated rings. The van der Waals surface area contributed by atoms with E-state index >= 15 is 0 Å². The molecule has 0 unspecified atom stereocenters. The first-order chi connectivity index (χ1) is 23.3. The van der Waals surface area contributed by atoms with Gasteiger partial charge >= 0.3 is 0 Å². The Hall–Kier alpha value is -2.87. The van der Waals surface area contributed by atoms with Gasteiger partial charge < -0.3 is 29.8 Å². The van der Waals surface area contributed by atoms with E-state index in [1.807, 2.05) is 47.6 Å². The van der Waals surface area contributed by atoms with E-state index in [0.717, 1.165) is 106 Å². The fourth-order valence-electron chi connectivity index (χ4n) is 5.20. The third kappa shape index (κ3) is 21.1. The SMILES string of the molecule is C=C(CCCCN1CCC2(CC1)COc1c2ccc2c1CNC2=O)OC(C)(C)C.CC.CC.CC.CC(C)C.CCCCC=O.CNC=O. The van der Waals surface area contributed by atoms with Crippen LogP contribution in [0.25, 0.3) is 0 Å². The van der Waals surface area contributed by atoms with Gasteiger partial charge in [-0.15, -0.1) is 0 Å². The first-order valence-electron chi connectivity index (χ1n) is 19.0. The topological polar surface area (TPSA) is 97.0 Å². The summed E-state index contributed by atoms with van der Waals surface area (Å²) in [5.74, 6) is 2.74. The van der Waals surface area contributed by atoms with Crippen LogP contribution in [-0.2, 0) is 26.3 Å². The van der Waals surface area contributed by atoms with Crippen LogP contribution in [0.3, 0.4) is 0 Å². The molecule has 2 N–H and O–H groups in total. The molecule has 49 heavy (non-hydrogen) atoms. The second-order valence-electron chi connectivity index (χ2n) is 13.2. The van der Waals surface area contributed by atoms with Crippen LogP contribution < -0.4 is 15.4 Å². The Kier molecular flexibility index (Phi) is 30.9. The van der Waals surface area contributed by atoms with Gasteiger partial charge in [-0.1, -0.05) is 88.3 Å². The normalized spacial score (nSPS) is 14.5. The zero-order valence-corrected chi connectivity index (χ0v) is 34.3. The van der Waals surface area contributed by atoms with Crippen molar-refractivity contribution in [1.29, 1.82) is 0 Å². The summed E-state index contributed by atoms with van der Waals surface area (Å²) < 4.78 is 12.0. The van der Waals surface area contributed by atoms with Gasteiger partial charge in [0, 0.05) is 48.5 Å². The summed E-state index contributed by atoms with van der Waals surface area (Å²) in [6.45, 7) is 35.5. The minimum atomic E-state index is -0.151. The molecule has 1 aromatic rings. The number of aldehydes is 1. The number of hydrogen-bond acceptors (Lipinski definition) is 6. The van der Waals surface area contributed by atoms with E-state index in [2.05, 4.69) is 76.6 Å². The summed E-state index contributed by atoms with van der Waals surface area (Å²) >= 11 is 0. The van der Waals surface area contributed by atoms with E-state index in [9.17, 15) is 9.59 Å². The molecule has 4 rings (SSSR count). The largest absolute Gasteiger partial charge is 0.493 e. The second kappa shape index (κ2) is 30.0. The summed E-state index contributed by atoms with van der Waals surface area (Å²) in [6.07, 6.45) is 9.97. The molecule has 0 radical (unpaired) electrons. The highest BCUT2D eigenvalue weighted by molar-refractivity contribution is 5.99. The Labute approximate surface area is 302 Å². The van der Waals surface area contributed by atoms with Crippen LogP contribution in [-0.4, -0.2) is 62.4 Å². The number of likely N-dealkylation sites (tertiary alicyclic amines) is 1. The first-order valence-corrected chi connectivity index (χ1v) is 19.0. The van der Waals surface area contributed by atoms with Crippen molar-refractivity contribution in [3.8, 4) is 5.75 Å². The zero-order chi connectivity index (χ0) is 38.5. The van der Waals surface area contributed by atoms with Crippen molar-refractivity contribution >= 4 is 18.6 Å². The van der Waals surface area contributed by atoms with Gasteiger partial charge in [-0.25, -0.2) is 0 Å². The van der Waals surface area contributed by atoms with Gasteiger partial charge in [-0.3, -0.25) is 9.59 Å². The quantitative estimate of drug-likeness (QED) is 0.144. The molecule has 1 spiro atoms. The second-order valence-corrected chi connectivity index (χ2v) is 13.2. The summed E-state index contributed by atoms with van der Waals surface area (Å²) in [5.41, 5.74) is 3.14. The van der Waals surface area contributed by atoms with Crippen LogP contribution in [0.5, 0.6) is 5.75 Å². The standard InChI is InChI=1S/C24H34N2O3.C5H10O.C4H10.C2H5NO.3C2H6/c1-17(29-23(2,3)4)7-5-6-12-26-13-10-24(11-14-26)16-28-21-19-15-25-22(27)18(19)8-9-20(21)24;1-2-3-4-5-6;1-4(2)3;1-3-2-4;3*1-2/h8-9H,1,5-7,10-16H2,2-4H3,(H,25,27);5H,2-4H2,1H3;4H,1-3H3;2H,1H3,(H,3,4);3*1-2H3. The lowest BCUT2D eigenvalue weighted by atomic mass is 9.74. The molecule has 0 saturated carbocycles. The number of hydrogen-bond donors (Lipinski definition) is 2. The third-order valence-corrected chi connectivity index (χ3v) is 7.23. The highest BCUT2D eigenvalue weighted by Crippen LogP contribution is 2.48. The smallest absolute Gasteiger partial charge is 0.252 e. The molecule has 286 valence electrons. The third-order valence-electron chi connectivity index (χ3n) is 7.23. The number of rotatable bonds is 10. The van der Waals surface area contributed by atoms with E-state index in [-0.39, 0.29) is 16.9 Å². The van der Waals surface area contributed by atoms with Gasteiger partial charge in [0.25, 0.3) is 5.91 Å². The molecule has 3 aliphatic heterocycles. The van der Waals surface area contributed by atoms with Crippen molar-refractivity contribution in [3.05, 3.63) is 41.2 Å². The number of carbonyl (C=O) groups is 3. The van der Waals surface area contributed by atoms with Crippen molar-refractivity contribution in [2.45, 2.75) is 159 Å². The summed E-state index contributed by atoms with van der Waals surface area (Å²) in [5, 5.41) is 5.17. The molecule has 0 bridgehead atoms. The maximum Gasteiger partial charge on any atom is 0.252 e. The zero-order valence-electron chi connectivity index (χ0n) is 34.3. The number of benzene rings is 1. The molecule has 0 atom stereocenters. The number of allylic oxidation sites excluding steroid dienone is 1. The van der Waals surface area contributed by atoms with Gasteiger partial charge in [0.1, 0.15) is 17.6 Å². The van der Waals surface area contributed by atoms with Crippen LogP contribution in [0.1, 0.15) is 163 Å². The molecule has 0 aromatic heterocycles. The van der Waals surface area contributed by atoms with Gasteiger partial charge in [0.15, 0.2) is 0 Å². The summed E-state index contributed by atoms with van der Waals surface area (Å²) in [6, 6.07) is 4.13. The molecule has 1 saturated heterocycles. The lowest BCUT2D eigenvalue weighted by Gasteiger charge is -2.38. The predicted molar refractivity (Wildman–Crippen MR) is 210 cm³/mol. The number of ether oxygens (including phenoxy) is 2. The lowest BCUT2D eigenvalue weighted by Crippen LogP contribution is -2.43. The molecule has 3 aliphatic rings. The predicted octanol–water partition coefficient (Wildman–Crippen LogP) is 9.63. The van der Waals surface area contributed by atoms with E-state index in [1.54, 1.807) is 7.05 Å². The minimum absolute atomic E-state index is 0.0257. The van der Waals surface area contributed by atoms with Gasteiger partial charge in [0.05, 0.1) is 12.4 Å². The molecule has 0 aliphatic carbocycles. The number of piperidine rings is 1. The molecular weight excluding hydrogens is 614 g/mol.